The summed E-state index contributed by atoms with van der Waals surface area (Å²) in [7, 11) is 0. The zero-order valence-electron chi connectivity index (χ0n) is 13.1. The van der Waals surface area contributed by atoms with Crippen molar-refractivity contribution in [3.05, 3.63) is 30.1 Å². The van der Waals surface area contributed by atoms with Crippen LogP contribution in [0.25, 0.3) is 0 Å². The summed E-state index contributed by atoms with van der Waals surface area (Å²) in [5.74, 6) is 0.380. The molecular formula is C17H22N4O. The molecule has 5 nitrogen and oxygen atoms in total. The number of hydrogen-bond donors (Lipinski definition) is 1. The summed E-state index contributed by atoms with van der Waals surface area (Å²) in [6.07, 6.45) is 8.43. The van der Waals surface area contributed by atoms with E-state index in [2.05, 4.69) is 23.9 Å². The van der Waals surface area contributed by atoms with Crippen molar-refractivity contribution in [2.75, 3.05) is 6.54 Å². The Morgan fingerprint density at radius 2 is 2.18 bits per heavy atom. The summed E-state index contributed by atoms with van der Waals surface area (Å²) < 4.78 is 0. The number of hydrogen-bond acceptors (Lipinski definition) is 4. The first-order valence-electron chi connectivity index (χ1n) is 7.96. The number of aromatic nitrogens is 1. The van der Waals surface area contributed by atoms with Crippen LogP contribution >= 0.6 is 0 Å². The Morgan fingerprint density at radius 1 is 1.45 bits per heavy atom. The van der Waals surface area contributed by atoms with Crippen molar-refractivity contribution in [2.45, 2.75) is 38.6 Å². The van der Waals surface area contributed by atoms with Gasteiger partial charge >= 0.3 is 0 Å². The molecule has 1 amide bonds. The normalized spacial score (nSPS) is 42.5. The van der Waals surface area contributed by atoms with Gasteiger partial charge in [0.2, 0.25) is 5.91 Å². The summed E-state index contributed by atoms with van der Waals surface area (Å²) in [4.78, 5) is 16.4. The van der Waals surface area contributed by atoms with E-state index in [0.717, 1.165) is 24.9 Å². The number of nitrogens with zero attached hydrogens (tertiary/aromatic N) is 3. The molecular weight excluding hydrogens is 276 g/mol. The molecule has 4 atom stereocenters. The van der Waals surface area contributed by atoms with Crippen LogP contribution in [-0.4, -0.2) is 34.2 Å². The molecule has 1 saturated heterocycles. The van der Waals surface area contributed by atoms with Gasteiger partial charge in [-0.25, -0.2) is 0 Å². The Labute approximate surface area is 130 Å². The van der Waals surface area contributed by atoms with E-state index in [0.29, 0.717) is 5.92 Å². The van der Waals surface area contributed by atoms with Gasteiger partial charge in [0, 0.05) is 24.4 Å². The number of pyridine rings is 1. The largest absolute Gasteiger partial charge is 0.368 e. The van der Waals surface area contributed by atoms with Crippen molar-refractivity contribution in [3.8, 4) is 0 Å². The highest BCUT2D eigenvalue weighted by atomic mass is 16.2. The molecule has 0 aromatic carbocycles. The number of carbonyl (C=O) groups excluding carboxylic acids is 1. The number of nitrogens with two attached hydrogens (primary N) is 1. The van der Waals surface area contributed by atoms with E-state index in [1.807, 2.05) is 23.4 Å². The van der Waals surface area contributed by atoms with E-state index < -0.39 is 5.54 Å². The minimum Gasteiger partial charge on any atom is -0.368 e. The molecule has 22 heavy (non-hydrogen) atoms. The highest BCUT2D eigenvalue weighted by Gasteiger charge is 2.80. The second-order valence-electron chi connectivity index (χ2n) is 7.50. The fourth-order valence-corrected chi connectivity index (χ4v) is 5.47. The zero-order valence-corrected chi connectivity index (χ0v) is 13.1. The van der Waals surface area contributed by atoms with Crippen LogP contribution in [0, 0.1) is 16.7 Å². The van der Waals surface area contributed by atoms with Gasteiger partial charge < -0.3 is 5.73 Å². The molecule has 2 saturated carbocycles. The minimum absolute atomic E-state index is 0.0634. The molecule has 4 bridgehead atoms. The van der Waals surface area contributed by atoms with Gasteiger partial charge in [0.05, 0.1) is 6.21 Å². The number of rotatable bonds is 3. The number of hydrazone groups is 1. The van der Waals surface area contributed by atoms with Gasteiger partial charge in [-0.2, -0.15) is 5.10 Å². The quantitative estimate of drug-likeness (QED) is 0.865. The van der Waals surface area contributed by atoms with Crippen molar-refractivity contribution >= 4 is 12.1 Å². The number of piperidine rings is 1. The van der Waals surface area contributed by atoms with Crippen LogP contribution in [0.15, 0.2) is 29.6 Å². The van der Waals surface area contributed by atoms with Gasteiger partial charge in [0.15, 0.2) is 0 Å². The van der Waals surface area contributed by atoms with E-state index in [1.165, 1.54) is 6.42 Å². The first-order valence-corrected chi connectivity index (χ1v) is 7.96. The summed E-state index contributed by atoms with van der Waals surface area (Å²) in [6.45, 7) is 5.38. The second kappa shape index (κ2) is 4.09. The van der Waals surface area contributed by atoms with Crippen molar-refractivity contribution < 1.29 is 4.79 Å². The Balaban J connectivity index is 1.74. The lowest BCUT2D eigenvalue weighted by Crippen LogP contribution is -2.60. The van der Waals surface area contributed by atoms with Crippen molar-refractivity contribution in [1.82, 2.24) is 9.99 Å². The molecule has 3 fully saturated rings. The average Bonchev–Trinajstić information content (AvgIpc) is 2.95. The standard InChI is InChI=1S/C17H22N4O/c1-15-11-21(20-10-12-4-7-19-8-5-12)17(14(18)22)9-13(15)3-6-16(15,17)2/h4-5,7-8,10,13H,3,6,9,11H2,1-2H3,(H2,18,22)/b20-10-/t13-,15+,16-,17+/m1/s1. The molecule has 1 aliphatic heterocycles. The van der Waals surface area contributed by atoms with Gasteiger partial charge in [0.1, 0.15) is 5.54 Å². The third-order valence-electron chi connectivity index (χ3n) is 6.99. The second-order valence-corrected chi connectivity index (χ2v) is 7.50. The maximum atomic E-state index is 12.4. The fraction of sp³-hybridized carbons (Fsp3) is 0.588. The van der Waals surface area contributed by atoms with Gasteiger partial charge in [-0.3, -0.25) is 14.8 Å². The van der Waals surface area contributed by atoms with E-state index >= 15 is 0 Å². The summed E-state index contributed by atoms with van der Waals surface area (Å²) in [5.41, 5.74) is 6.34. The average molecular weight is 298 g/mol. The topological polar surface area (TPSA) is 71.6 Å². The molecule has 5 heteroatoms. The van der Waals surface area contributed by atoms with Gasteiger partial charge in [-0.05, 0) is 48.3 Å². The zero-order chi connectivity index (χ0) is 15.6. The third kappa shape index (κ3) is 1.33. The lowest BCUT2D eigenvalue weighted by atomic mass is 9.65. The van der Waals surface area contributed by atoms with Crippen LogP contribution in [0.5, 0.6) is 0 Å². The van der Waals surface area contributed by atoms with Crippen LogP contribution in [0.2, 0.25) is 0 Å². The lowest BCUT2D eigenvalue weighted by Gasteiger charge is -2.44. The van der Waals surface area contributed by atoms with Gasteiger partial charge in [0.25, 0.3) is 0 Å². The molecule has 116 valence electrons. The summed E-state index contributed by atoms with van der Waals surface area (Å²) in [5, 5.41) is 6.64. The molecule has 4 rings (SSSR count). The predicted molar refractivity (Wildman–Crippen MR) is 84.0 cm³/mol. The van der Waals surface area contributed by atoms with Gasteiger partial charge in [-0.1, -0.05) is 13.8 Å². The maximum absolute atomic E-state index is 12.4. The number of carbonyl (C=O) groups is 1. The monoisotopic (exact) mass is 298 g/mol. The van der Waals surface area contributed by atoms with Crippen LogP contribution in [0.4, 0.5) is 0 Å². The molecule has 0 radical (unpaired) electrons. The molecule has 2 heterocycles. The Kier molecular flexibility index (Phi) is 2.55. The van der Waals surface area contributed by atoms with Crippen LogP contribution in [0.3, 0.4) is 0 Å². The van der Waals surface area contributed by atoms with E-state index in [4.69, 9.17) is 5.73 Å². The van der Waals surface area contributed by atoms with Crippen LogP contribution in [0.1, 0.15) is 38.7 Å². The number of amides is 1. The Morgan fingerprint density at radius 3 is 2.82 bits per heavy atom. The molecule has 2 aliphatic carbocycles. The predicted octanol–water partition coefficient (Wildman–Crippen LogP) is 1.78. The van der Waals surface area contributed by atoms with Gasteiger partial charge in [-0.15, -0.1) is 0 Å². The van der Waals surface area contributed by atoms with Crippen LogP contribution < -0.4 is 5.73 Å². The van der Waals surface area contributed by atoms with Crippen molar-refractivity contribution in [1.29, 1.82) is 0 Å². The van der Waals surface area contributed by atoms with Crippen molar-refractivity contribution in [2.24, 2.45) is 27.6 Å². The van der Waals surface area contributed by atoms with E-state index in [9.17, 15) is 4.79 Å². The maximum Gasteiger partial charge on any atom is 0.245 e. The highest BCUT2D eigenvalue weighted by Crippen LogP contribution is 2.75. The molecule has 0 unspecified atom stereocenters. The first kappa shape index (κ1) is 13.7. The molecule has 1 aromatic heterocycles. The highest BCUT2D eigenvalue weighted by molar-refractivity contribution is 5.88. The Bertz CT molecular complexity index is 660. The SMILES string of the molecule is C[C@]12CC[C@@H]3C[C@@]1(C(N)=O)N(/N=C\c1ccncc1)C[C@@]32C. The minimum atomic E-state index is -0.617. The third-order valence-corrected chi connectivity index (χ3v) is 6.99. The fourth-order valence-electron chi connectivity index (χ4n) is 5.47. The molecule has 3 aliphatic rings. The molecule has 2 N–H and O–H groups in total. The Hall–Kier alpha value is -1.91. The summed E-state index contributed by atoms with van der Waals surface area (Å²) in [6, 6.07) is 3.81. The van der Waals surface area contributed by atoms with E-state index in [-0.39, 0.29) is 16.7 Å². The number of primary amides is 1. The van der Waals surface area contributed by atoms with E-state index in [1.54, 1.807) is 12.4 Å². The molecule has 1 aromatic rings. The first-order chi connectivity index (χ1) is 10.4. The van der Waals surface area contributed by atoms with Crippen molar-refractivity contribution in [3.63, 3.8) is 0 Å². The summed E-state index contributed by atoms with van der Waals surface area (Å²) >= 11 is 0. The molecule has 0 spiro atoms. The van der Waals surface area contributed by atoms with Crippen LogP contribution in [-0.2, 0) is 4.79 Å². The smallest absolute Gasteiger partial charge is 0.245 e. The lowest BCUT2D eigenvalue weighted by molar-refractivity contribution is -0.135.